The molecule has 2 aromatic carbocycles. The Balaban J connectivity index is 1.51. The number of nitriles is 1. The minimum atomic E-state index is -0.166. The van der Waals surface area contributed by atoms with Crippen LogP contribution in [0.25, 0.3) is 21.3 Å². The van der Waals surface area contributed by atoms with Crippen LogP contribution in [-0.2, 0) is 4.79 Å². The van der Waals surface area contributed by atoms with Crippen molar-refractivity contribution >= 4 is 39.0 Å². The SMILES string of the molecule is Cc1sc2ncnc(NCCC(=O)Nc3ccccc3C#N)c2c1-c1ccccc1. The summed E-state index contributed by atoms with van der Waals surface area (Å²) < 4.78 is 0. The van der Waals surface area contributed by atoms with E-state index in [4.69, 9.17) is 5.26 Å². The van der Waals surface area contributed by atoms with Crippen molar-refractivity contribution < 1.29 is 4.79 Å². The van der Waals surface area contributed by atoms with Crippen LogP contribution in [0.15, 0.2) is 60.9 Å². The highest BCUT2D eigenvalue weighted by Gasteiger charge is 2.16. The first-order valence-corrected chi connectivity index (χ1v) is 10.3. The number of benzene rings is 2. The molecule has 2 aromatic heterocycles. The lowest BCUT2D eigenvalue weighted by molar-refractivity contribution is -0.115. The molecule has 0 fully saturated rings. The van der Waals surface area contributed by atoms with Gasteiger partial charge < -0.3 is 10.6 Å². The highest BCUT2D eigenvalue weighted by atomic mass is 32.1. The highest BCUT2D eigenvalue weighted by molar-refractivity contribution is 7.19. The van der Waals surface area contributed by atoms with Gasteiger partial charge in [0.2, 0.25) is 5.91 Å². The molecule has 0 atom stereocenters. The van der Waals surface area contributed by atoms with Gasteiger partial charge in [0, 0.05) is 23.4 Å². The molecule has 0 saturated heterocycles. The third-order valence-corrected chi connectivity index (χ3v) is 5.71. The second kappa shape index (κ2) is 8.72. The van der Waals surface area contributed by atoms with Crippen LogP contribution in [0.2, 0.25) is 0 Å². The fourth-order valence-electron chi connectivity index (χ4n) is 3.33. The maximum Gasteiger partial charge on any atom is 0.226 e. The number of anilines is 2. The molecule has 0 unspecified atom stereocenters. The van der Waals surface area contributed by atoms with Crippen molar-refractivity contribution in [2.75, 3.05) is 17.2 Å². The smallest absolute Gasteiger partial charge is 0.226 e. The summed E-state index contributed by atoms with van der Waals surface area (Å²) in [6, 6.07) is 19.2. The van der Waals surface area contributed by atoms with E-state index >= 15 is 0 Å². The first-order chi connectivity index (χ1) is 14.7. The van der Waals surface area contributed by atoms with Crippen LogP contribution in [0.4, 0.5) is 11.5 Å². The molecule has 0 saturated carbocycles. The molecule has 6 nitrogen and oxygen atoms in total. The number of aromatic nitrogens is 2. The number of carbonyl (C=O) groups excluding carboxylic acids is 1. The maximum atomic E-state index is 12.3. The van der Waals surface area contributed by atoms with Gasteiger partial charge in [-0.3, -0.25) is 4.79 Å². The summed E-state index contributed by atoms with van der Waals surface area (Å²) in [7, 11) is 0. The van der Waals surface area contributed by atoms with Crippen LogP contribution in [0.3, 0.4) is 0 Å². The van der Waals surface area contributed by atoms with Crippen LogP contribution in [0, 0.1) is 18.3 Å². The van der Waals surface area contributed by atoms with Gasteiger partial charge >= 0.3 is 0 Å². The van der Waals surface area contributed by atoms with Gasteiger partial charge in [-0.05, 0) is 24.6 Å². The summed E-state index contributed by atoms with van der Waals surface area (Å²) in [5.74, 6) is 0.550. The first-order valence-electron chi connectivity index (χ1n) is 9.49. The van der Waals surface area contributed by atoms with Gasteiger partial charge in [-0.25, -0.2) is 9.97 Å². The number of hydrogen-bond acceptors (Lipinski definition) is 6. The molecule has 0 radical (unpaired) electrons. The van der Waals surface area contributed by atoms with E-state index in [0.29, 0.717) is 23.6 Å². The summed E-state index contributed by atoms with van der Waals surface area (Å²) in [6.07, 6.45) is 1.79. The van der Waals surface area contributed by atoms with Gasteiger partial charge in [-0.2, -0.15) is 5.26 Å². The molecule has 2 heterocycles. The van der Waals surface area contributed by atoms with Gasteiger partial charge in [0.1, 0.15) is 23.0 Å². The van der Waals surface area contributed by atoms with Crippen LogP contribution >= 0.6 is 11.3 Å². The van der Waals surface area contributed by atoms with Crippen molar-refractivity contribution in [2.24, 2.45) is 0 Å². The fourth-order valence-corrected chi connectivity index (χ4v) is 4.34. The number of rotatable bonds is 6. The average molecular weight is 414 g/mol. The van der Waals surface area contributed by atoms with E-state index in [2.05, 4.69) is 45.7 Å². The molecule has 7 heteroatoms. The third-order valence-electron chi connectivity index (χ3n) is 4.69. The number of aryl methyl sites for hydroxylation is 1. The number of para-hydroxylation sites is 1. The Labute approximate surface area is 178 Å². The first kappa shape index (κ1) is 19.6. The van der Waals surface area contributed by atoms with Gasteiger partial charge in [-0.1, -0.05) is 42.5 Å². The van der Waals surface area contributed by atoms with Crippen molar-refractivity contribution in [3.8, 4) is 17.2 Å². The summed E-state index contributed by atoms with van der Waals surface area (Å²) in [6.45, 7) is 2.49. The van der Waals surface area contributed by atoms with Crippen molar-refractivity contribution in [3.63, 3.8) is 0 Å². The Morgan fingerprint density at radius 2 is 1.87 bits per heavy atom. The molecule has 148 valence electrons. The Morgan fingerprint density at radius 1 is 1.10 bits per heavy atom. The van der Waals surface area contributed by atoms with E-state index in [9.17, 15) is 4.79 Å². The van der Waals surface area contributed by atoms with Crippen LogP contribution in [0.1, 0.15) is 16.9 Å². The number of nitrogens with zero attached hydrogens (tertiary/aromatic N) is 3. The van der Waals surface area contributed by atoms with E-state index in [1.807, 2.05) is 18.2 Å². The topological polar surface area (TPSA) is 90.7 Å². The van der Waals surface area contributed by atoms with Crippen molar-refractivity contribution in [2.45, 2.75) is 13.3 Å². The van der Waals surface area contributed by atoms with E-state index in [0.717, 1.165) is 21.3 Å². The summed E-state index contributed by atoms with van der Waals surface area (Å²) in [5.41, 5.74) is 3.20. The monoisotopic (exact) mass is 413 g/mol. The van der Waals surface area contributed by atoms with E-state index < -0.39 is 0 Å². The molecule has 1 amide bonds. The van der Waals surface area contributed by atoms with Gasteiger partial charge in [0.05, 0.1) is 16.6 Å². The number of hydrogen-bond donors (Lipinski definition) is 2. The predicted molar refractivity (Wildman–Crippen MR) is 120 cm³/mol. The van der Waals surface area contributed by atoms with Crippen molar-refractivity contribution in [3.05, 3.63) is 71.4 Å². The number of fused-ring (bicyclic) bond motifs is 1. The molecular weight excluding hydrogens is 394 g/mol. The molecule has 0 aliphatic rings. The minimum absolute atomic E-state index is 0.166. The molecule has 4 aromatic rings. The predicted octanol–water partition coefficient (Wildman–Crippen LogP) is 4.98. The van der Waals surface area contributed by atoms with Gasteiger partial charge in [-0.15, -0.1) is 11.3 Å². The zero-order chi connectivity index (χ0) is 20.9. The van der Waals surface area contributed by atoms with Gasteiger partial charge in [0.15, 0.2) is 0 Å². The lowest BCUT2D eigenvalue weighted by Gasteiger charge is -2.10. The number of thiophene rings is 1. The second-order valence-electron chi connectivity index (χ2n) is 6.68. The second-order valence-corrected chi connectivity index (χ2v) is 7.89. The zero-order valence-corrected chi connectivity index (χ0v) is 17.2. The molecule has 30 heavy (non-hydrogen) atoms. The van der Waals surface area contributed by atoms with Crippen molar-refractivity contribution in [1.82, 2.24) is 9.97 Å². The van der Waals surface area contributed by atoms with Crippen LogP contribution in [0.5, 0.6) is 0 Å². The Hall–Kier alpha value is -3.76. The Bertz CT molecular complexity index is 1240. The molecule has 0 spiro atoms. The lowest BCUT2D eigenvalue weighted by Crippen LogP contribution is -2.17. The highest BCUT2D eigenvalue weighted by Crippen LogP contribution is 2.40. The van der Waals surface area contributed by atoms with Crippen LogP contribution < -0.4 is 10.6 Å². The number of amides is 1. The molecule has 0 aliphatic heterocycles. The molecule has 0 bridgehead atoms. The number of carbonyl (C=O) groups is 1. The summed E-state index contributed by atoms with van der Waals surface area (Å²) >= 11 is 1.63. The summed E-state index contributed by atoms with van der Waals surface area (Å²) in [5, 5.41) is 16.2. The van der Waals surface area contributed by atoms with Crippen LogP contribution in [-0.4, -0.2) is 22.4 Å². The Kier molecular flexibility index (Phi) is 5.68. The third kappa shape index (κ3) is 4.00. The quantitative estimate of drug-likeness (QED) is 0.465. The minimum Gasteiger partial charge on any atom is -0.369 e. The normalized spacial score (nSPS) is 10.5. The lowest BCUT2D eigenvalue weighted by atomic mass is 10.0. The van der Waals surface area contributed by atoms with Gasteiger partial charge in [0.25, 0.3) is 0 Å². The van der Waals surface area contributed by atoms with Crippen molar-refractivity contribution in [1.29, 1.82) is 5.26 Å². The van der Waals surface area contributed by atoms with E-state index in [1.165, 1.54) is 4.88 Å². The fraction of sp³-hybridized carbons (Fsp3) is 0.130. The number of nitrogens with one attached hydrogen (secondary N) is 2. The largest absolute Gasteiger partial charge is 0.369 e. The molecule has 4 rings (SSSR count). The zero-order valence-electron chi connectivity index (χ0n) is 16.3. The standard InChI is InChI=1S/C23H19N5OS/c1-15-20(16-7-3-2-4-8-16)21-22(26-14-27-23(21)30-15)25-12-11-19(29)28-18-10-6-5-9-17(18)13-24/h2-10,14H,11-12H2,1H3,(H,28,29)(H,25,26,27). The summed E-state index contributed by atoms with van der Waals surface area (Å²) in [4.78, 5) is 23.3. The maximum absolute atomic E-state index is 12.3. The van der Waals surface area contributed by atoms with E-state index in [1.54, 1.807) is 41.9 Å². The molecular formula is C23H19N5OS. The Morgan fingerprint density at radius 3 is 2.67 bits per heavy atom. The molecule has 2 N–H and O–H groups in total. The molecule has 0 aliphatic carbocycles. The average Bonchev–Trinajstić information content (AvgIpc) is 3.11. The van der Waals surface area contributed by atoms with E-state index in [-0.39, 0.29) is 12.3 Å².